The highest BCUT2D eigenvalue weighted by atomic mass is 16.2. The number of nitrogens with zero attached hydrogens (tertiary/aromatic N) is 3. The molecular formula is C18H22N4O3. The summed E-state index contributed by atoms with van der Waals surface area (Å²) in [4.78, 5) is 47.1. The van der Waals surface area contributed by atoms with E-state index in [1.807, 2.05) is 19.9 Å². The van der Waals surface area contributed by atoms with Crippen LogP contribution in [0.5, 0.6) is 0 Å². The van der Waals surface area contributed by atoms with Crippen molar-refractivity contribution in [3.8, 4) is 0 Å². The van der Waals surface area contributed by atoms with E-state index in [0.29, 0.717) is 23.3 Å². The first-order valence-electron chi connectivity index (χ1n) is 8.39. The summed E-state index contributed by atoms with van der Waals surface area (Å²) in [5.74, 6) is 0.00274. The Hall–Kier alpha value is -2.70. The van der Waals surface area contributed by atoms with E-state index < -0.39 is 0 Å². The molecule has 7 heteroatoms. The summed E-state index contributed by atoms with van der Waals surface area (Å²) < 4.78 is 0. The summed E-state index contributed by atoms with van der Waals surface area (Å²) in [6.07, 6.45) is 0.239. The number of nitrogens with one attached hydrogen (secondary N) is 1. The number of benzene rings is 1. The second kappa shape index (κ2) is 6.66. The molecule has 1 N–H and O–H groups in total. The lowest BCUT2D eigenvalue weighted by Crippen LogP contribution is -2.36. The molecule has 1 aromatic heterocycles. The number of aromatic nitrogens is 2. The Morgan fingerprint density at radius 1 is 1.36 bits per heavy atom. The predicted molar refractivity (Wildman–Crippen MR) is 93.8 cm³/mol. The second-order valence-corrected chi connectivity index (χ2v) is 6.76. The highest BCUT2D eigenvalue weighted by Gasteiger charge is 2.36. The monoisotopic (exact) mass is 342 g/mol. The Kier molecular flexibility index (Phi) is 4.57. The number of likely N-dealkylation sites (tertiary alicyclic amines) is 1. The van der Waals surface area contributed by atoms with Crippen molar-refractivity contribution in [2.24, 2.45) is 5.92 Å². The van der Waals surface area contributed by atoms with Crippen LogP contribution in [0.25, 0.3) is 10.9 Å². The minimum absolute atomic E-state index is 0.0130. The molecule has 1 aliphatic rings. The van der Waals surface area contributed by atoms with Gasteiger partial charge in [0.05, 0.1) is 23.4 Å². The number of carbonyl (C=O) groups is 2. The first kappa shape index (κ1) is 17.1. The topological polar surface area (TPSA) is 86.4 Å². The first-order chi connectivity index (χ1) is 11.9. The molecule has 1 fully saturated rings. The molecule has 25 heavy (non-hydrogen) atoms. The smallest absolute Gasteiger partial charge is 0.258 e. The van der Waals surface area contributed by atoms with Crippen molar-refractivity contribution in [2.45, 2.75) is 32.9 Å². The Morgan fingerprint density at radius 2 is 2.08 bits per heavy atom. The summed E-state index contributed by atoms with van der Waals surface area (Å²) in [5.41, 5.74) is 0.382. The molecule has 2 amide bonds. The van der Waals surface area contributed by atoms with E-state index in [1.54, 1.807) is 30.1 Å². The van der Waals surface area contributed by atoms with Crippen LogP contribution in [-0.4, -0.2) is 51.2 Å². The highest BCUT2D eigenvalue weighted by molar-refractivity contribution is 5.89. The number of hydrogen-bond donors (Lipinski definition) is 1. The average molecular weight is 342 g/mol. The van der Waals surface area contributed by atoms with Gasteiger partial charge in [-0.25, -0.2) is 4.98 Å². The van der Waals surface area contributed by atoms with Crippen molar-refractivity contribution in [1.82, 2.24) is 19.8 Å². The molecule has 0 spiro atoms. The van der Waals surface area contributed by atoms with Crippen LogP contribution < -0.4 is 5.56 Å². The van der Waals surface area contributed by atoms with Crippen molar-refractivity contribution < 1.29 is 9.59 Å². The lowest BCUT2D eigenvalue weighted by molar-refractivity contribution is -0.135. The van der Waals surface area contributed by atoms with Crippen LogP contribution in [0.15, 0.2) is 29.1 Å². The standard InChI is InChI=1S/C18H22N4O3/c1-11(2)22-9-12(8-16(22)23)18(25)21(3)10-15-19-14-7-5-4-6-13(14)17(24)20-15/h4-7,11-12H,8-10H2,1-3H3,(H,19,20,24). The summed E-state index contributed by atoms with van der Waals surface area (Å²) in [5, 5.41) is 0.522. The van der Waals surface area contributed by atoms with Crippen LogP contribution in [0.4, 0.5) is 0 Å². The molecule has 1 aliphatic heterocycles. The fraction of sp³-hybridized carbons (Fsp3) is 0.444. The van der Waals surface area contributed by atoms with E-state index in [9.17, 15) is 14.4 Å². The molecule has 0 bridgehead atoms. The fourth-order valence-corrected chi connectivity index (χ4v) is 3.22. The lowest BCUT2D eigenvalue weighted by Gasteiger charge is -2.23. The summed E-state index contributed by atoms with van der Waals surface area (Å²) in [6.45, 7) is 4.53. The van der Waals surface area contributed by atoms with Gasteiger partial charge >= 0.3 is 0 Å². The maximum atomic E-state index is 12.6. The first-order valence-corrected chi connectivity index (χ1v) is 8.39. The Morgan fingerprint density at radius 3 is 2.76 bits per heavy atom. The Balaban J connectivity index is 1.74. The van der Waals surface area contributed by atoms with Crippen molar-refractivity contribution in [2.75, 3.05) is 13.6 Å². The minimum atomic E-state index is -0.341. The molecule has 2 heterocycles. The van der Waals surface area contributed by atoms with Crippen LogP contribution >= 0.6 is 0 Å². The van der Waals surface area contributed by atoms with Crippen molar-refractivity contribution in [1.29, 1.82) is 0 Å². The second-order valence-electron chi connectivity index (χ2n) is 6.76. The maximum Gasteiger partial charge on any atom is 0.258 e. The summed E-state index contributed by atoms with van der Waals surface area (Å²) in [6, 6.07) is 7.18. The normalized spacial score (nSPS) is 17.5. The van der Waals surface area contributed by atoms with Gasteiger partial charge in [-0.2, -0.15) is 0 Å². The molecule has 0 radical (unpaired) electrons. The van der Waals surface area contributed by atoms with Gasteiger partial charge in [0, 0.05) is 26.1 Å². The van der Waals surface area contributed by atoms with Crippen LogP contribution in [-0.2, 0) is 16.1 Å². The third-order valence-electron chi connectivity index (χ3n) is 4.56. The van der Waals surface area contributed by atoms with Gasteiger partial charge in [0.15, 0.2) is 0 Å². The zero-order valence-electron chi connectivity index (χ0n) is 14.7. The fourth-order valence-electron chi connectivity index (χ4n) is 3.22. The number of para-hydroxylation sites is 1. The van der Waals surface area contributed by atoms with Crippen molar-refractivity contribution >= 4 is 22.7 Å². The number of hydrogen-bond acceptors (Lipinski definition) is 4. The molecule has 1 aromatic carbocycles. The van der Waals surface area contributed by atoms with Crippen LogP contribution in [0.1, 0.15) is 26.1 Å². The van der Waals surface area contributed by atoms with Gasteiger partial charge in [-0.3, -0.25) is 14.4 Å². The van der Waals surface area contributed by atoms with E-state index in [-0.39, 0.29) is 42.3 Å². The molecule has 1 atom stereocenters. The predicted octanol–water partition coefficient (Wildman–Crippen LogP) is 1.14. The lowest BCUT2D eigenvalue weighted by atomic mass is 10.1. The van der Waals surface area contributed by atoms with Gasteiger partial charge in [-0.1, -0.05) is 12.1 Å². The minimum Gasteiger partial charge on any atom is -0.339 e. The Bertz CT molecular complexity index is 874. The Labute approximate surface area is 145 Å². The zero-order chi connectivity index (χ0) is 18.1. The van der Waals surface area contributed by atoms with E-state index in [4.69, 9.17) is 0 Å². The number of aromatic amines is 1. The molecule has 0 saturated carbocycles. The highest BCUT2D eigenvalue weighted by Crippen LogP contribution is 2.22. The quantitative estimate of drug-likeness (QED) is 0.903. The average Bonchev–Trinajstić information content (AvgIpc) is 2.96. The number of amides is 2. The third-order valence-corrected chi connectivity index (χ3v) is 4.56. The van der Waals surface area contributed by atoms with Crippen LogP contribution in [0.3, 0.4) is 0 Å². The van der Waals surface area contributed by atoms with Crippen LogP contribution in [0, 0.1) is 5.92 Å². The number of fused-ring (bicyclic) bond motifs is 1. The number of carbonyl (C=O) groups excluding carboxylic acids is 2. The molecular weight excluding hydrogens is 320 g/mol. The van der Waals surface area contributed by atoms with E-state index in [0.717, 1.165) is 0 Å². The SMILES string of the molecule is CC(C)N1CC(C(=O)N(C)Cc2nc3ccccc3c(=O)[nH]2)CC1=O. The van der Waals surface area contributed by atoms with E-state index in [1.165, 1.54) is 4.90 Å². The van der Waals surface area contributed by atoms with Gasteiger partial charge in [0.25, 0.3) is 5.56 Å². The molecule has 132 valence electrons. The molecule has 1 saturated heterocycles. The number of H-pyrrole nitrogens is 1. The van der Waals surface area contributed by atoms with Crippen LogP contribution in [0.2, 0.25) is 0 Å². The van der Waals surface area contributed by atoms with Gasteiger partial charge in [0.1, 0.15) is 5.82 Å². The van der Waals surface area contributed by atoms with Gasteiger partial charge < -0.3 is 14.8 Å². The molecule has 7 nitrogen and oxygen atoms in total. The van der Waals surface area contributed by atoms with Gasteiger partial charge in [0.2, 0.25) is 11.8 Å². The third kappa shape index (κ3) is 3.40. The summed E-state index contributed by atoms with van der Waals surface area (Å²) >= 11 is 0. The number of rotatable bonds is 4. The largest absolute Gasteiger partial charge is 0.339 e. The van der Waals surface area contributed by atoms with Gasteiger partial charge in [-0.15, -0.1) is 0 Å². The zero-order valence-corrected chi connectivity index (χ0v) is 14.7. The molecule has 1 unspecified atom stereocenters. The van der Waals surface area contributed by atoms with E-state index >= 15 is 0 Å². The van der Waals surface area contributed by atoms with Crippen molar-refractivity contribution in [3.63, 3.8) is 0 Å². The summed E-state index contributed by atoms with van der Waals surface area (Å²) in [7, 11) is 1.67. The van der Waals surface area contributed by atoms with Crippen molar-refractivity contribution in [3.05, 3.63) is 40.4 Å². The molecule has 2 aromatic rings. The van der Waals surface area contributed by atoms with Gasteiger partial charge in [-0.05, 0) is 26.0 Å². The molecule has 3 rings (SSSR count). The molecule has 0 aliphatic carbocycles. The van der Waals surface area contributed by atoms with E-state index in [2.05, 4.69) is 9.97 Å². The maximum absolute atomic E-state index is 12.6.